The van der Waals surface area contributed by atoms with Gasteiger partial charge in [-0.05, 0) is 43.3 Å². The van der Waals surface area contributed by atoms with E-state index in [2.05, 4.69) is 83.6 Å². The van der Waals surface area contributed by atoms with Crippen molar-refractivity contribution in [1.82, 2.24) is 4.90 Å². The fourth-order valence-electron chi connectivity index (χ4n) is 2.84. The van der Waals surface area contributed by atoms with Crippen LogP contribution in [0, 0.1) is 0 Å². The zero-order valence-corrected chi connectivity index (χ0v) is 12.6. The maximum Gasteiger partial charge on any atom is 0.0453 e. The molecule has 0 aliphatic carbocycles. The zero-order chi connectivity index (χ0) is 14.5. The molecule has 0 bridgehead atoms. The van der Waals surface area contributed by atoms with Gasteiger partial charge in [-0.25, -0.2) is 0 Å². The van der Waals surface area contributed by atoms with Crippen LogP contribution in [0.3, 0.4) is 0 Å². The summed E-state index contributed by atoms with van der Waals surface area (Å²) in [6.45, 7) is 3.19. The number of nitrogens with zero attached hydrogens (tertiary/aromatic N) is 2. The van der Waals surface area contributed by atoms with Crippen molar-refractivity contribution in [3.8, 4) is 0 Å². The van der Waals surface area contributed by atoms with Crippen molar-refractivity contribution >= 4 is 11.4 Å². The first kappa shape index (κ1) is 13.9. The monoisotopic (exact) mass is 278 g/mol. The normalized spacial score (nSPS) is 15.6. The minimum Gasteiger partial charge on any atom is -0.337 e. The smallest absolute Gasteiger partial charge is 0.0453 e. The van der Waals surface area contributed by atoms with Crippen molar-refractivity contribution < 1.29 is 0 Å². The Bertz CT molecular complexity index is 550. The molecule has 3 rings (SSSR count). The van der Waals surface area contributed by atoms with E-state index in [1.54, 1.807) is 0 Å². The van der Waals surface area contributed by atoms with Crippen LogP contribution in [0.15, 0.2) is 72.3 Å². The van der Waals surface area contributed by atoms with E-state index in [4.69, 9.17) is 0 Å². The highest BCUT2D eigenvalue weighted by molar-refractivity contribution is 5.64. The van der Waals surface area contributed by atoms with Gasteiger partial charge in [0.1, 0.15) is 0 Å². The molecule has 2 nitrogen and oxygen atoms in total. The summed E-state index contributed by atoms with van der Waals surface area (Å²) in [5, 5.41) is 0. The first-order valence-electron chi connectivity index (χ1n) is 7.57. The Hall–Kier alpha value is -2.06. The summed E-state index contributed by atoms with van der Waals surface area (Å²) in [5.74, 6) is 0. The summed E-state index contributed by atoms with van der Waals surface area (Å²) in [6.07, 6.45) is 3.56. The number of hydrogen-bond acceptors (Lipinski definition) is 2. The number of anilines is 2. The standard InChI is InChI=1S/C19H22N2/c1-20-14-8-9-17(15-20)16-21(18-10-4-2-5-11-18)19-12-6-3-7-13-19/h2-7,9-13H,8,14-16H2,1H3. The van der Waals surface area contributed by atoms with Crippen LogP contribution < -0.4 is 4.90 Å². The van der Waals surface area contributed by atoms with Gasteiger partial charge in [-0.1, -0.05) is 42.5 Å². The lowest BCUT2D eigenvalue weighted by Crippen LogP contribution is -2.31. The third-order valence-electron chi connectivity index (χ3n) is 3.91. The molecule has 0 N–H and O–H groups in total. The molecule has 2 aromatic carbocycles. The second kappa shape index (κ2) is 6.59. The van der Waals surface area contributed by atoms with Gasteiger partial charge in [0.25, 0.3) is 0 Å². The molecule has 1 aliphatic heterocycles. The van der Waals surface area contributed by atoms with Crippen LogP contribution in [0.5, 0.6) is 0 Å². The van der Waals surface area contributed by atoms with Crippen LogP contribution in [0.2, 0.25) is 0 Å². The van der Waals surface area contributed by atoms with E-state index in [0.717, 1.165) is 19.5 Å². The third kappa shape index (κ3) is 3.53. The fourth-order valence-corrected chi connectivity index (χ4v) is 2.84. The summed E-state index contributed by atoms with van der Waals surface area (Å²) in [4.78, 5) is 4.79. The van der Waals surface area contributed by atoms with Crippen LogP contribution in [-0.4, -0.2) is 31.6 Å². The van der Waals surface area contributed by atoms with Crippen LogP contribution in [0.4, 0.5) is 11.4 Å². The van der Waals surface area contributed by atoms with Crippen molar-refractivity contribution in [2.75, 3.05) is 31.6 Å². The average Bonchev–Trinajstić information content (AvgIpc) is 2.54. The third-order valence-corrected chi connectivity index (χ3v) is 3.91. The highest BCUT2D eigenvalue weighted by atomic mass is 15.2. The lowest BCUT2D eigenvalue weighted by Gasteiger charge is -2.30. The Morgan fingerprint density at radius 1 is 0.905 bits per heavy atom. The summed E-state index contributed by atoms with van der Waals surface area (Å²) >= 11 is 0. The topological polar surface area (TPSA) is 6.48 Å². The Balaban J connectivity index is 1.88. The molecule has 0 saturated carbocycles. The Morgan fingerprint density at radius 2 is 1.48 bits per heavy atom. The maximum absolute atomic E-state index is 2.40. The number of hydrogen-bond donors (Lipinski definition) is 0. The van der Waals surface area contributed by atoms with E-state index in [1.807, 2.05) is 0 Å². The first-order chi connectivity index (χ1) is 10.3. The SMILES string of the molecule is CN1CCC=C(CN(c2ccccc2)c2ccccc2)C1. The first-order valence-corrected chi connectivity index (χ1v) is 7.57. The van der Waals surface area contributed by atoms with Crippen LogP contribution in [0.1, 0.15) is 6.42 Å². The number of benzene rings is 2. The molecule has 0 fully saturated rings. The zero-order valence-electron chi connectivity index (χ0n) is 12.6. The molecule has 1 aliphatic rings. The highest BCUT2D eigenvalue weighted by Crippen LogP contribution is 2.26. The number of para-hydroxylation sites is 2. The number of likely N-dealkylation sites (N-methyl/N-ethyl adjacent to an activating group) is 1. The molecule has 1 heterocycles. The van der Waals surface area contributed by atoms with Gasteiger partial charge in [0, 0.05) is 31.0 Å². The predicted molar refractivity (Wildman–Crippen MR) is 90.1 cm³/mol. The lowest BCUT2D eigenvalue weighted by atomic mass is 10.1. The van der Waals surface area contributed by atoms with E-state index >= 15 is 0 Å². The van der Waals surface area contributed by atoms with E-state index < -0.39 is 0 Å². The quantitative estimate of drug-likeness (QED) is 0.777. The molecular formula is C19H22N2. The molecular weight excluding hydrogens is 256 g/mol. The van der Waals surface area contributed by atoms with E-state index in [0.29, 0.717) is 0 Å². The molecule has 2 heteroatoms. The largest absolute Gasteiger partial charge is 0.337 e. The van der Waals surface area contributed by atoms with Gasteiger partial charge in [-0.2, -0.15) is 0 Å². The van der Waals surface area contributed by atoms with Gasteiger partial charge in [0.05, 0.1) is 0 Å². The van der Waals surface area contributed by atoms with Gasteiger partial charge in [0.15, 0.2) is 0 Å². The average molecular weight is 278 g/mol. The van der Waals surface area contributed by atoms with Gasteiger partial charge in [0.2, 0.25) is 0 Å². The molecule has 0 saturated heterocycles. The Kier molecular flexibility index (Phi) is 4.37. The molecule has 0 unspecified atom stereocenters. The van der Waals surface area contributed by atoms with E-state index in [9.17, 15) is 0 Å². The summed E-state index contributed by atoms with van der Waals surface area (Å²) < 4.78 is 0. The Morgan fingerprint density at radius 3 is 2.00 bits per heavy atom. The molecule has 108 valence electrons. The molecule has 0 amide bonds. The van der Waals surface area contributed by atoms with Crippen molar-refractivity contribution in [3.05, 3.63) is 72.3 Å². The van der Waals surface area contributed by atoms with Gasteiger partial charge >= 0.3 is 0 Å². The predicted octanol–water partition coefficient (Wildman–Crippen LogP) is 4.09. The number of rotatable bonds is 4. The molecule has 0 radical (unpaired) electrons. The minimum absolute atomic E-state index is 0.957. The highest BCUT2D eigenvalue weighted by Gasteiger charge is 2.14. The van der Waals surface area contributed by atoms with Crippen LogP contribution >= 0.6 is 0 Å². The molecule has 2 aromatic rings. The van der Waals surface area contributed by atoms with Crippen LogP contribution in [-0.2, 0) is 0 Å². The summed E-state index contributed by atoms with van der Waals surface area (Å²) in [6, 6.07) is 21.3. The van der Waals surface area contributed by atoms with Crippen LogP contribution in [0.25, 0.3) is 0 Å². The molecule has 0 spiro atoms. The Labute approximate surface area is 127 Å². The lowest BCUT2D eigenvalue weighted by molar-refractivity contribution is 0.353. The van der Waals surface area contributed by atoms with Gasteiger partial charge < -0.3 is 9.80 Å². The van der Waals surface area contributed by atoms with Gasteiger partial charge in [-0.3, -0.25) is 0 Å². The van der Waals surface area contributed by atoms with E-state index in [-0.39, 0.29) is 0 Å². The molecule has 0 aromatic heterocycles. The molecule has 21 heavy (non-hydrogen) atoms. The fraction of sp³-hybridized carbons (Fsp3) is 0.263. The maximum atomic E-state index is 2.40. The summed E-state index contributed by atoms with van der Waals surface area (Å²) in [5.41, 5.74) is 3.99. The minimum atomic E-state index is 0.957. The summed E-state index contributed by atoms with van der Waals surface area (Å²) in [7, 11) is 2.20. The van der Waals surface area contributed by atoms with E-state index in [1.165, 1.54) is 23.5 Å². The van der Waals surface area contributed by atoms with Crippen molar-refractivity contribution in [1.29, 1.82) is 0 Å². The van der Waals surface area contributed by atoms with Crippen molar-refractivity contribution in [2.45, 2.75) is 6.42 Å². The van der Waals surface area contributed by atoms with Crippen molar-refractivity contribution in [2.24, 2.45) is 0 Å². The second-order valence-corrected chi connectivity index (χ2v) is 5.65. The van der Waals surface area contributed by atoms with Crippen molar-refractivity contribution in [3.63, 3.8) is 0 Å². The second-order valence-electron chi connectivity index (χ2n) is 5.65. The van der Waals surface area contributed by atoms with Gasteiger partial charge in [-0.15, -0.1) is 0 Å². The molecule has 0 atom stereocenters.